The summed E-state index contributed by atoms with van der Waals surface area (Å²) < 4.78 is 5.56. The van der Waals surface area contributed by atoms with Crippen molar-refractivity contribution in [2.75, 3.05) is 5.43 Å². The molecule has 0 saturated heterocycles. The molecule has 0 aliphatic carbocycles. The summed E-state index contributed by atoms with van der Waals surface area (Å²) in [6.07, 6.45) is 1.77. The topological polar surface area (TPSA) is 92.3 Å². The van der Waals surface area contributed by atoms with E-state index in [-0.39, 0.29) is 6.10 Å². The summed E-state index contributed by atoms with van der Waals surface area (Å²) >= 11 is 0. The lowest BCUT2D eigenvalue weighted by Crippen LogP contribution is -2.15. The van der Waals surface area contributed by atoms with Gasteiger partial charge in [0.15, 0.2) is 5.82 Å². The molecule has 0 fully saturated rings. The summed E-state index contributed by atoms with van der Waals surface area (Å²) in [7, 11) is 0. The van der Waals surface area contributed by atoms with Crippen molar-refractivity contribution in [3.63, 3.8) is 0 Å². The van der Waals surface area contributed by atoms with Gasteiger partial charge in [-0.05, 0) is 50.6 Å². The Hall–Kier alpha value is -2.70. The fourth-order valence-corrected chi connectivity index (χ4v) is 1.57. The average Bonchev–Trinajstić information content (AvgIpc) is 2.44. The van der Waals surface area contributed by atoms with Gasteiger partial charge >= 0.3 is 5.69 Å². The van der Waals surface area contributed by atoms with Crippen molar-refractivity contribution in [2.45, 2.75) is 26.9 Å². The standard InChI is InChI=1S/C14H17N5O2/c1-9(2)21-12-6-4-11(5-7-12)8-15-18-13-10(3)17-19-14(20)16-13/h4-9H,1-3H3,(H2,16,18,19,20)/b15-8+. The van der Waals surface area contributed by atoms with E-state index in [9.17, 15) is 4.79 Å². The number of aromatic nitrogens is 3. The first-order valence-corrected chi connectivity index (χ1v) is 6.53. The molecule has 0 aliphatic heterocycles. The van der Waals surface area contributed by atoms with E-state index in [1.165, 1.54) is 0 Å². The second-order valence-corrected chi connectivity index (χ2v) is 4.68. The number of hydrogen-bond donors (Lipinski definition) is 2. The van der Waals surface area contributed by atoms with Gasteiger partial charge in [-0.2, -0.15) is 15.2 Å². The number of aromatic amines is 1. The van der Waals surface area contributed by atoms with Crippen LogP contribution >= 0.6 is 0 Å². The fraction of sp³-hybridized carbons (Fsp3) is 0.286. The molecule has 0 atom stereocenters. The summed E-state index contributed by atoms with van der Waals surface area (Å²) in [5.41, 5.74) is 3.63. The predicted octanol–water partition coefficient (Wildman–Crippen LogP) is 1.71. The monoisotopic (exact) mass is 287 g/mol. The van der Waals surface area contributed by atoms with Crippen LogP contribution in [0.4, 0.5) is 5.82 Å². The Morgan fingerprint density at radius 1 is 1.33 bits per heavy atom. The number of nitrogens with zero attached hydrogens (tertiary/aromatic N) is 3. The molecule has 110 valence electrons. The number of H-pyrrole nitrogens is 1. The van der Waals surface area contributed by atoms with Crippen LogP contribution in [-0.2, 0) is 0 Å². The maximum atomic E-state index is 11.1. The third kappa shape index (κ3) is 4.41. The van der Waals surface area contributed by atoms with Gasteiger partial charge in [-0.3, -0.25) is 5.43 Å². The molecule has 1 heterocycles. The van der Waals surface area contributed by atoms with Gasteiger partial charge in [0.1, 0.15) is 11.4 Å². The van der Waals surface area contributed by atoms with Crippen molar-refractivity contribution in [3.8, 4) is 5.75 Å². The molecule has 1 aromatic carbocycles. The van der Waals surface area contributed by atoms with E-state index in [0.29, 0.717) is 11.5 Å². The van der Waals surface area contributed by atoms with E-state index >= 15 is 0 Å². The number of aryl methyl sites for hydroxylation is 1. The molecule has 0 bridgehead atoms. The lowest BCUT2D eigenvalue weighted by atomic mass is 10.2. The van der Waals surface area contributed by atoms with E-state index in [2.05, 4.69) is 25.7 Å². The smallest absolute Gasteiger partial charge is 0.363 e. The lowest BCUT2D eigenvalue weighted by molar-refractivity contribution is 0.242. The van der Waals surface area contributed by atoms with Crippen molar-refractivity contribution in [2.24, 2.45) is 5.10 Å². The number of rotatable bonds is 5. The Kier molecular flexibility index (Phi) is 4.65. The van der Waals surface area contributed by atoms with Crippen molar-refractivity contribution in [1.82, 2.24) is 15.2 Å². The Morgan fingerprint density at radius 2 is 2.05 bits per heavy atom. The number of hydrazone groups is 1. The molecule has 7 heteroatoms. The third-order valence-corrected chi connectivity index (χ3v) is 2.51. The zero-order chi connectivity index (χ0) is 15.2. The highest BCUT2D eigenvalue weighted by Crippen LogP contribution is 2.13. The van der Waals surface area contributed by atoms with E-state index in [0.717, 1.165) is 11.3 Å². The van der Waals surface area contributed by atoms with Gasteiger partial charge in [0.25, 0.3) is 0 Å². The molecule has 7 nitrogen and oxygen atoms in total. The highest BCUT2D eigenvalue weighted by atomic mass is 16.5. The molecule has 21 heavy (non-hydrogen) atoms. The molecule has 0 aliphatic rings. The van der Waals surface area contributed by atoms with Crippen LogP contribution in [-0.4, -0.2) is 27.5 Å². The van der Waals surface area contributed by atoms with Crippen LogP contribution in [0.3, 0.4) is 0 Å². The van der Waals surface area contributed by atoms with Crippen LogP contribution in [0.2, 0.25) is 0 Å². The number of anilines is 1. The summed E-state index contributed by atoms with van der Waals surface area (Å²) in [6, 6.07) is 7.53. The first kappa shape index (κ1) is 14.7. The van der Waals surface area contributed by atoms with Gasteiger partial charge in [0, 0.05) is 0 Å². The van der Waals surface area contributed by atoms with Gasteiger partial charge < -0.3 is 4.74 Å². The van der Waals surface area contributed by atoms with Crippen molar-refractivity contribution < 1.29 is 4.74 Å². The van der Waals surface area contributed by atoms with E-state index < -0.39 is 5.69 Å². The van der Waals surface area contributed by atoms with Crippen molar-refractivity contribution in [3.05, 3.63) is 46.0 Å². The molecule has 0 amide bonds. The van der Waals surface area contributed by atoms with Crippen LogP contribution in [0, 0.1) is 6.92 Å². The molecule has 0 unspecified atom stereocenters. The minimum atomic E-state index is -0.520. The normalized spacial score (nSPS) is 11.0. The van der Waals surface area contributed by atoms with E-state index in [1.807, 2.05) is 38.1 Å². The Morgan fingerprint density at radius 3 is 2.71 bits per heavy atom. The summed E-state index contributed by atoms with van der Waals surface area (Å²) in [5, 5.41) is 10.1. The average molecular weight is 287 g/mol. The Bertz CT molecular complexity index is 677. The van der Waals surface area contributed by atoms with Gasteiger partial charge in [-0.25, -0.2) is 9.89 Å². The molecule has 2 rings (SSSR count). The van der Waals surface area contributed by atoms with Crippen LogP contribution in [0.1, 0.15) is 25.1 Å². The molecule has 1 aromatic heterocycles. The molecule has 0 spiro atoms. The molecule has 2 aromatic rings. The van der Waals surface area contributed by atoms with Crippen molar-refractivity contribution >= 4 is 12.0 Å². The third-order valence-electron chi connectivity index (χ3n) is 2.51. The highest BCUT2D eigenvalue weighted by molar-refractivity contribution is 5.80. The lowest BCUT2D eigenvalue weighted by Gasteiger charge is -2.09. The van der Waals surface area contributed by atoms with E-state index in [4.69, 9.17) is 4.74 Å². The summed E-state index contributed by atoms with van der Waals surface area (Å²) in [5.74, 6) is 1.14. The largest absolute Gasteiger partial charge is 0.491 e. The quantitative estimate of drug-likeness (QED) is 0.645. The summed E-state index contributed by atoms with van der Waals surface area (Å²) in [4.78, 5) is 14.8. The van der Waals surface area contributed by atoms with E-state index in [1.54, 1.807) is 13.1 Å². The number of hydrogen-bond acceptors (Lipinski definition) is 6. The number of benzene rings is 1. The first-order valence-electron chi connectivity index (χ1n) is 6.53. The van der Waals surface area contributed by atoms with Gasteiger partial charge in [0.2, 0.25) is 0 Å². The van der Waals surface area contributed by atoms with Crippen LogP contribution in [0.25, 0.3) is 0 Å². The second kappa shape index (κ2) is 6.65. The van der Waals surface area contributed by atoms with Gasteiger partial charge in [0.05, 0.1) is 12.3 Å². The predicted molar refractivity (Wildman–Crippen MR) is 80.8 cm³/mol. The fourth-order valence-electron chi connectivity index (χ4n) is 1.57. The first-order chi connectivity index (χ1) is 10.0. The molecule has 0 radical (unpaired) electrons. The number of nitrogens with one attached hydrogen (secondary N) is 2. The second-order valence-electron chi connectivity index (χ2n) is 4.68. The molecule has 2 N–H and O–H groups in total. The van der Waals surface area contributed by atoms with Gasteiger partial charge in [-0.1, -0.05) is 0 Å². The Balaban J connectivity index is 2.01. The zero-order valence-corrected chi connectivity index (χ0v) is 12.1. The van der Waals surface area contributed by atoms with Crippen molar-refractivity contribution in [1.29, 1.82) is 0 Å². The van der Waals surface area contributed by atoms with Crippen LogP contribution in [0.5, 0.6) is 5.75 Å². The SMILES string of the molecule is Cc1n[nH]c(=O)nc1N/N=C/c1ccc(OC(C)C)cc1. The number of ether oxygens (including phenoxy) is 1. The zero-order valence-electron chi connectivity index (χ0n) is 12.1. The van der Waals surface area contributed by atoms with Crippen LogP contribution in [0.15, 0.2) is 34.2 Å². The van der Waals surface area contributed by atoms with Crippen LogP contribution < -0.4 is 15.9 Å². The molecule has 0 saturated carbocycles. The Labute approximate surface area is 122 Å². The maximum absolute atomic E-state index is 11.1. The molecular weight excluding hydrogens is 270 g/mol. The van der Waals surface area contributed by atoms with Gasteiger partial charge in [-0.15, -0.1) is 0 Å². The summed E-state index contributed by atoms with van der Waals surface area (Å²) in [6.45, 7) is 5.67. The minimum absolute atomic E-state index is 0.143. The highest BCUT2D eigenvalue weighted by Gasteiger charge is 2.00. The maximum Gasteiger partial charge on any atom is 0.363 e. The minimum Gasteiger partial charge on any atom is -0.491 e. The molecular formula is C14H17N5O2.